The Morgan fingerprint density at radius 1 is 1.29 bits per heavy atom. The Bertz CT molecular complexity index is 422. The van der Waals surface area contributed by atoms with E-state index in [2.05, 4.69) is 6.92 Å². The molecule has 0 N–H and O–H groups in total. The van der Waals surface area contributed by atoms with Gasteiger partial charge in [0.05, 0.1) is 6.61 Å². The van der Waals surface area contributed by atoms with Crippen LogP contribution in [0, 0.1) is 11.8 Å². The van der Waals surface area contributed by atoms with Gasteiger partial charge < -0.3 is 14.4 Å². The van der Waals surface area contributed by atoms with E-state index in [-0.39, 0.29) is 24.0 Å². The monoisotopic (exact) mass is 321 g/mol. The Morgan fingerprint density at radius 3 is 2.43 bits per heavy atom. The number of carbonyl (C=O) groups is 1. The predicted octanol–water partition coefficient (Wildman–Crippen LogP) is 1.85. The molecular formula is C14H27NO5S. The number of rotatable bonds is 4. The highest BCUT2D eigenvalue weighted by Crippen LogP contribution is 2.29. The van der Waals surface area contributed by atoms with Gasteiger partial charge in [-0.3, -0.25) is 0 Å². The van der Waals surface area contributed by atoms with Gasteiger partial charge in [0.1, 0.15) is 11.5 Å². The minimum atomic E-state index is -2.52. The molecule has 1 fully saturated rings. The first kappa shape index (κ1) is 18.2. The van der Waals surface area contributed by atoms with Gasteiger partial charge in [0.2, 0.25) is 0 Å². The molecule has 21 heavy (non-hydrogen) atoms. The standard InChI is InChI=1S/C14H27NO5S/c1-10-6-12(8-19-9-21(17)18)11(2)15(7-10)13(16)20-14(3,4)5/h10-12,21H,6-9H2,1-5H3. The van der Waals surface area contributed by atoms with Crippen molar-refractivity contribution < 1.29 is 22.7 Å². The Kier molecular flexibility index (Phi) is 6.46. The van der Waals surface area contributed by atoms with Gasteiger partial charge >= 0.3 is 6.09 Å². The van der Waals surface area contributed by atoms with E-state index in [1.807, 2.05) is 27.7 Å². The first-order valence-electron chi connectivity index (χ1n) is 7.29. The van der Waals surface area contributed by atoms with E-state index in [9.17, 15) is 13.2 Å². The van der Waals surface area contributed by atoms with Crippen LogP contribution in [0.25, 0.3) is 0 Å². The molecule has 3 unspecified atom stereocenters. The molecule has 0 aromatic rings. The lowest BCUT2D eigenvalue weighted by atomic mass is 9.85. The molecule has 7 heteroatoms. The fourth-order valence-electron chi connectivity index (χ4n) is 2.59. The molecule has 1 saturated heterocycles. The van der Waals surface area contributed by atoms with Crippen molar-refractivity contribution in [2.45, 2.75) is 52.7 Å². The van der Waals surface area contributed by atoms with E-state index >= 15 is 0 Å². The van der Waals surface area contributed by atoms with Crippen LogP contribution in [-0.2, 0) is 20.2 Å². The molecule has 0 aromatic heterocycles. The largest absolute Gasteiger partial charge is 0.444 e. The van der Waals surface area contributed by atoms with Gasteiger partial charge in [-0.1, -0.05) is 6.92 Å². The van der Waals surface area contributed by atoms with Crippen LogP contribution < -0.4 is 0 Å². The highest BCUT2D eigenvalue weighted by atomic mass is 32.2. The van der Waals surface area contributed by atoms with E-state index in [0.717, 1.165) is 6.42 Å². The fraction of sp³-hybridized carbons (Fsp3) is 0.929. The quantitative estimate of drug-likeness (QED) is 0.800. The normalized spacial score (nSPS) is 27.0. The number of carbonyl (C=O) groups excluding carboxylic acids is 1. The summed E-state index contributed by atoms with van der Waals surface area (Å²) in [4.78, 5) is 14.0. The van der Waals surface area contributed by atoms with Gasteiger partial charge in [-0.05, 0) is 40.0 Å². The van der Waals surface area contributed by atoms with Crippen molar-refractivity contribution in [3.05, 3.63) is 0 Å². The minimum Gasteiger partial charge on any atom is -0.444 e. The van der Waals surface area contributed by atoms with Crippen LogP contribution in [0.5, 0.6) is 0 Å². The predicted molar refractivity (Wildman–Crippen MR) is 80.8 cm³/mol. The molecule has 1 amide bonds. The van der Waals surface area contributed by atoms with Gasteiger partial charge in [0.25, 0.3) is 0 Å². The Labute approximate surface area is 128 Å². The van der Waals surface area contributed by atoms with Crippen LogP contribution in [0.3, 0.4) is 0 Å². The maximum atomic E-state index is 12.3. The van der Waals surface area contributed by atoms with Crippen LogP contribution in [0.15, 0.2) is 0 Å². The van der Waals surface area contributed by atoms with E-state index in [4.69, 9.17) is 9.47 Å². The number of amides is 1. The van der Waals surface area contributed by atoms with Crippen LogP contribution in [-0.4, -0.2) is 50.1 Å². The summed E-state index contributed by atoms with van der Waals surface area (Å²) in [7, 11) is -2.52. The molecule has 1 heterocycles. The molecular weight excluding hydrogens is 294 g/mol. The lowest BCUT2D eigenvalue weighted by Gasteiger charge is -2.42. The fourth-order valence-corrected chi connectivity index (χ4v) is 2.85. The third-order valence-electron chi connectivity index (χ3n) is 3.54. The molecule has 3 atom stereocenters. The third kappa shape index (κ3) is 6.22. The summed E-state index contributed by atoms with van der Waals surface area (Å²) >= 11 is 0. The van der Waals surface area contributed by atoms with Crippen molar-refractivity contribution in [3.8, 4) is 0 Å². The maximum Gasteiger partial charge on any atom is 0.410 e. The zero-order chi connectivity index (χ0) is 16.2. The lowest BCUT2D eigenvalue weighted by molar-refractivity contribution is -0.0174. The molecule has 1 aliphatic rings. The summed E-state index contributed by atoms with van der Waals surface area (Å²) in [6.07, 6.45) is 0.595. The van der Waals surface area contributed by atoms with Crippen LogP contribution in [0.2, 0.25) is 0 Å². The highest BCUT2D eigenvalue weighted by molar-refractivity contribution is 7.72. The average molecular weight is 321 g/mol. The summed E-state index contributed by atoms with van der Waals surface area (Å²) in [5.41, 5.74) is -0.523. The van der Waals surface area contributed by atoms with Crippen molar-refractivity contribution in [2.75, 3.05) is 19.1 Å². The van der Waals surface area contributed by atoms with Gasteiger partial charge in [-0.15, -0.1) is 0 Å². The van der Waals surface area contributed by atoms with Gasteiger partial charge in [-0.25, -0.2) is 13.2 Å². The molecule has 0 radical (unpaired) electrons. The van der Waals surface area contributed by atoms with Gasteiger partial charge in [0, 0.05) is 18.5 Å². The van der Waals surface area contributed by atoms with Crippen molar-refractivity contribution in [2.24, 2.45) is 11.8 Å². The molecule has 0 aliphatic carbocycles. The third-order valence-corrected chi connectivity index (χ3v) is 3.94. The summed E-state index contributed by atoms with van der Waals surface area (Å²) < 4.78 is 31.7. The van der Waals surface area contributed by atoms with Crippen LogP contribution >= 0.6 is 0 Å². The van der Waals surface area contributed by atoms with Crippen molar-refractivity contribution in [3.63, 3.8) is 0 Å². The van der Waals surface area contributed by atoms with Crippen molar-refractivity contribution in [1.82, 2.24) is 4.90 Å². The van der Waals surface area contributed by atoms with Crippen molar-refractivity contribution in [1.29, 1.82) is 0 Å². The van der Waals surface area contributed by atoms with Crippen LogP contribution in [0.1, 0.15) is 41.0 Å². The number of ether oxygens (including phenoxy) is 2. The second kappa shape index (κ2) is 7.45. The van der Waals surface area contributed by atoms with Crippen molar-refractivity contribution >= 4 is 16.8 Å². The second-order valence-corrected chi connectivity index (χ2v) is 7.73. The molecule has 124 valence electrons. The van der Waals surface area contributed by atoms with E-state index in [1.54, 1.807) is 4.90 Å². The van der Waals surface area contributed by atoms with E-state index in [1.165, 1.54) is 0 Å². The maximum absolute atomic E-state index is 12.3. The first-order valence-corrected chi connectivity index (χ1v) is 8.65. The first-order chi connectivity index (χ1) is 9.60. The van der Waals surface area contributed by atoms with Gasteiger partial charge in [0.15, 0.2) is 10.7 Å². The number of nitrogens with zero attached hydrogens (tertiary/aromatic N) is 1. The molecule has 0 saturated carbocycles. The molecule has 0 aromatic carbocycles. The molecule has 1 rings (SSSR count). The molecule has 6 nitrogen and oxygen atoms in total. The average Bonchev–Trinajstić information content (AvgIpc) is 2.30. The topological polar surface area (TPSA) is 72.9 Å². The number of hydrogen-bond donors (Lipinski definition) is 1. The summed E-state index contributed by atoms with van der Waals surface area (Å²) in [5.74, 6) is 0.193. The number of piperidine rings is 1. The number of likely N-dealkylation sites (tertiary alicyclic amines) is 1. The lowest BCUT2D eigenvalue weighted by Crippen LogP contribution is -2.52. The molecule has 0 bridgehead atoms. The second-order valence-electron chi connectivity index (χ2n) is 6.81. The summed E-state index contributed by atoms with van der Waals surface area (Å²) in [6, 6.07) is -0.0272. The van der Waals surface area contributed by atoms with E-state index < -0.39 is 16.3 Å². The zero-order valence-electron chi connectivity index (χ0n) is 13.5. The van der Waals surface area contributed by atoms with Gasteiger partial charge in [-0.2, -0.15) is 0 Å². The van der Waals surface area contributed by atoms with Crippen LogP contribution in [0.4, 0.5) is 4.79 Å². The Morgan fingerprint density at radius 2 is 1.90 bits per heavy atom. The molecule has 1 aliphatic heterocycles. The number of thiol groups is 1. The SMILES string of the molecule is CC1CC(COC[SH](=O)=O)C(C)N(C(=O)OC(C)(C)C)C1. The Hall–Kier alpha value is -0.820. The minimum absolute atomic E-state index is 0.0272. The zero-order valence-corrected chi connectivity index (χ0v) is 14.4. The summed E-state index contributed by atoms with van der Waals surface area (Å²) in [5, 5.41) is 0. The Balaban J connectivity index is 2.66. The smallest absolute Gasteiger partial charge is 0.410 e. The van der Waals surface area contributed by atoms with E-state index in [0.29, 0.717) is 19.1 Å². The molecule has 0 spiro atoms. The summed E-state index contributed by atoms with van der Waals surface area (Å²) in [6.45, 7) is 10.6. The number of hydrogen-bond acceptors (Lipinski definition) is 5. The highest BCUT2D eigenvalue weighted by Gasteiger charge is 2.36.